The van der Waals surface area contributed by atoms with Gasteiger partial charge in [0.15, 0.2) is 0 Å². The average molecular weight is 224 g/mol. The van der Waals surface area contributed by atoms with E-state index < -0.39 is 22.3 Å². The van der Waals surface area contributed by atoms with Crippen molar-refractivity contribution in [2.45, 2.75) is 11.9 Å². The molecule has 82 valence electrons. The van der Waals surface area contributed by atoms with Crippen LogP contribution in [0.3, 0.4) is 0 Å². The fraction of sp³-hybridized carbons (Fsp3) is 1.00. The molecule has 10 nitrogen and oxygen atoms in total. The molecule has 0 aliphatic carbocycles. The molecule has 13 heavy (non-hydrogen) atoms. The lowest BCUT2D eigenvalue weighted by molar-refractivity contribution is -0.512. The minimum Gasteiger partial charge on any atom is -0.337 e. The summed E-state index contributed by atoms with van der Waals surface area (Å²) in [5, 5.41) is 46.3. The molecule has 0 saturated heterocycles. The number of hydrogen-bond donors (Lipinski definition) is 8. The van der Waals surface area contributed by atoms with E-state index in [0.29, 0.717) is 0 Å². The van der Waals surface area contributed by atoms with Crippen molar-refractivity contribution in [1.82, 2.24) is 0 Å². The number of rotatable bonds is 1. The first-order valence-electron chi connectivity index (χ1n) is 2.29. The SMILES string of the molecule is O=S(=O)(O)O.OC(O)(O)C(O)(O)O. The normalized spacial score (nSPS) is 13.2. The molecule has 0 heterocycles. The van der Waals surface area contributed by atoms with Gasteiger partial charge < -0.3 is 30.6 Å². The largest absolute Gasteiger partial charge is 0.394 e. The Hall–Kier alpha value is -0.370. The van der Waals surface area contributed by atoms with Crippen molar-refractivity contribution in [2.24, 2.45) is 0 Å². The van der Waals surface area contributed by atoms with Crippen LogP contribution in [0.2, 0.25) is 0 Å². The Kier molecular flexibility index (Phi) is 4.92. The molecule has 0 aromatic rings. The zero-order chi connectivity index (χ0) is 11.5. The maximum absolute atomic E-state index is 8.74. The summed E-state index contributed by atoms with van der Waals surface area (Å²) in [6.45, 7) is 0. The highest BCUT2D eigenvalue weighted by Gasteiger charge is 2.44. The van der Waals surface area contributed by atoms with Crippen LogP contribution >= 0.6 is 0 Å². The third-order valence-electron chi connectivity index (χ3n) is 0.450. The third-order valence-corrected chi connectivity index (χ3v) is 0.450. The predicted octanol–water partition coefficient (Wildman–Crippen LogP) is -4.40. The standard InChI is InChI=1S/C2H6O6.H2O4S/c3-1(4,5)2(6,7)8;1-5(2,3)4/h3-8H;(H2,1,2,3,4). The van der Waals surface area contributed by atoms with E-state index in [1.165, 1.54) is 0 Å². The summed E-state index contributed by atoms with van der Waals surface area (Å²) in [6, 6.07) is 0. The molecule has 0 amide bonds. The van der Waals surface area contributed by atoms with Crippen molar-refractivity contribution in [2.75, 3.05) is 0 Å². The second kappa shape index (κ2) is 4.23. The van der Waals surface area contributed by atoms with Crippen LogP contribution in [0.15, 0.2) is 0 Å². The van der Waals surface area contributed by atoms with E-state index in [1.807, 2.05) is 0 Å². The van der Waals surface area contributed by atoms with Gasteiger partial charge in [-0.05, 0) is 0 Å². The highest BCUT2D eigenvalue weighted by molar-refractivity contribution is 7.79. The van der Waals surface area contributed by atoms with E-state index in [0.717, 1.165) is 0 Å². The topological polar surface area (TPSA) is 196 Å². The molecule has 0 aromatic heterocycles. The Balaban J connectivity index is 0. The third kappa shape index (κ3) is 14.5. The fourth-order valence-electron chi connectivity index (χ4n) is 0. The minimum atomic E-state index is -4.67. The first-order valence-corrected chi connectivity index (χ1v) is 3.69. The Morgan fingerprint density at radius 2 is 0.769 bits per heavy atom. The van der Waals surface area contributed by atoms with Gasteiger partial charge in [-0.1, -0.05) is 0 Å². The van der Waals surface area contributed by atoms with Crippen LogP contribution < -0.4 is 0 Å². The summed E-state index contributed by atoms with van der Waals surface area (Å²) in [5.74, 6) is -7.79. The lowest BCUT2D eigenvalue weighted by atomic mass is 10.5. The van der Waals surface area contributed by atoms with Crippen molar-refractivity contribution in [3.63, 3.8) is 0 Å². The van der Waals surface area contributed by atoms with E-state index in [9.17, 15) is 0 Å². The highest BCUT2D eigenvalue weighted by atomic mass is 32.3. The van der Waals surface area contributed by atoms with Crippen LogP contribution in [0, 0.1) is 0 Å². The van der Waals surface area contributed by atoms with Gasteiger partial charge >= 0.3 is 22.3 Å². The predicted molar refractivity (Wildman–Crippen MR) is 33.0 cm³/mol. The van der Waals surface area contributed by atoms with Gasteiger partial charge in [-0.15, -0.1) is 0 Å². The molecule has 0 fully saturated rings. The van der Waals surface area contributed by atoms with Crippen LogP contribution in [0.5, 0.6) is 0 Å². The van der Waals surface area contributed by atoms with Crippen LogP contribution in [-0.2, 0) is 10.4 Å². The van der Waals surface area contributed by atoms with Crippen molar-refractivity contribution < 1.29 is 48.2 Å². The average Bonchev–Trinajstić information content (AvgIpc) is 1.50. The van der Waals surface area contributed by atoms with Gasteiger partial charge in [0.1, 0.15) is 0 Å². The monoisotopic (exact) mass is 224 g/mol. The number of aliphatic hydroxyl groups is 6. The zero-order valence-electron chi connectivity index (χ0n) is 5.80. The molecule has 0 saturated carbocycles. The van der Waals surface area contributed by atoms with E-state index in [2.05, 4.69) is 0 Å². The van der Waals surface area contributed by atoms with Crippen molar-refractivity contribution in [3.8, 4) is 0 Å². The van der Waals surface area contributed by atoms with Crippen LogP contribution in [0.4, 0.5) is 0 Å². The van der Waals surface area contributed by atoms with Crippen LogP contribution in [0.1, 0.15) is 0 Å². The summed E-state index contributed by atoms with van der Waals surface area (Å²) in [7, 11) is -4.67. The van der Waals surface area contributed by atoms with Crippen molar-refractivity contribution in [1.29, 1.82) is 0 Å². The molecule has 0 aliphatic heterocycles. The first-order chi connectivity index (χ1) is 5.25. The van der Waals surface area contributed by atoms with E-state index in [-0.39, 0.29) is 0 Å². The molecule has 0 bridgehead atoms. The molecule has 0 radical (unpaired) electrons. The summed E-state index contributed by atoms with van der Waals surface area (Å²) in [6.07, 6.45) is 0. The Morgan fingerprint density at radius 3 is 0.769 bits per heavy atom. The van der Waals surface area contributed by atoms with E-state index >= 15 is 0 Å². The van der Waals surface area contributed by atoms with Gasteiger partial charge in [0.05, 0.1) is 0 Å². The Morgan fingerprint density at radius 1 is 0.692 bits per heavy atom. The maximum Gasteiger partial charge on any atom is 0.394 e. The molecule has 0 aromatic carbocycles. The summed E-state index contributed by atoms with van der Waals surface area (Å²) >= 11 is 0. The van der Waals surface area contributed by atoms with Crippen LogP contribution in [0.25, 0.3) is 0 Å². The summed E-state index contributed by atoms with van der Waals surface area (Å²) in [5.41, 5.74) is 0. The second-order valence-corrected chi connectivity index (χ2v) is 2.61. The van der Waals surface area contributed by atoms with Gasteiger partial charge in [0, 0.05) is 0 Å². The molecule has 0 spiro atoms. The summed E-state index contributed by atoms with van der Waals surface area (Å²) in [4.78, 5) is 0. The molecule has 0 rings (SSSR count). The molecule has 8 N–H and O–H groups in total. The lowest BCUT2D eigenvalue weighted by Gasteiger charge is -2.23. The fourth-order valence-corrected chi connectivity index (χ4v) is 0. The molecular weight excluding hydrogens is 216 g/mol. The molecule has 0 aliphatic rings. The van der Waals surface area contributed by atoms with Crippen molar-refractivity contribution >= 4 is 10.4 Å². The highest BCUT2D eigenvalue weighted by Crippen LogP contribution is 2.07. The van der Waals surface area contributed by atoms with Gasteiger partial charge in [-0.25, -0.2) is 0 Å². The lowest BCUT2D eigenvalue weighted by Crippen LogP contribution is -2.54. The van der Waals surface area contributed by atoms with Gasteiger partial charge in [-0.2, -0.15) is 8.42 Å². The van der Waals surface area contributed by atoms with Crippen molar-refractivity contribution in [3.05, 3.63) is 0 Å². The summed E-state index contributed by atoms with van der Waals surface area (Å²) < 4.78 is 31.6. The van der Waals surface area contributed by atoms with Gasteiger partial charge in [-0.3, -0.25) is 9.11 Å². The first kappa shape index (κ1) is 15.1. The number of hydrogen-bond acceptors (Lipinski definition) is 8. The second-order valence-electron chi connectivity index (χ2n) is 1.72. The quantitative estimate of drug-likeness (QED) is 0.159. The molecule has 0 unspecified atom stereocenters. The molecule has 0 atom stereocenters. The Bertz CT molecular complexity index is 205. The smallest absolute Gasteiger partial charge is 0.337 e. The van der Waals surface area contributed by atoms with Gasteiger partial charge in [0.25, 0.3) is 0 Å². The zero-order valence-corrected chi connectivity index (χ0v) is 6.62. The molecule has 11 heteroatoms. The Labute approximate surface area is 71.5 Å². The van der Waals surface area contributed by atoms with E-state index in [4.69, 9.17) is 48.2 Å². The maximum atomic E-state index is 8.74. The van der Waals surface area contributed by atoms with Crippen LogP contribution in [-0.4, -0.2) is 60.1 Å². The minimum absolute atomic E-state index is 3.90. The molecular formula is C2H8O10S. The van der Waals surface area contributed by atoms with E-state index in [1.54, 1.807) is 0 Å². The van der Waals surface area contributed by atoms with Gasteiger partial charge in [0.2, 0.25) is 0 Å².